The van der Waals surface area contributed by atoms with Crippen LogP contribution < -0.4 is 5.32 Å². The van der Waals surface area contributed by atoms with Gasteiger partial charge in [0.05, 0.1) is 5.41 Å². The summed E-state index contributed by atoms with van der Waals surface area (Å²) in [5.74, 6) is -0.821. The van der Waals surface area contributed by atoms with Crippen molar-refractivity contribution < 1.29 is 14.7 Å². The number of carboxylic acids is 1. The number of hydrogen-bond donors (Lipinski definition) is 2. The lowest BCUT2D eigenvalue weighted by molar-refractivity contribution is -0.150. The second-order valence-electron chi connectivity index (χ2n) is 5.65. The van der Waals surface area contributed by atoms with Gasteiger partial charge in [-0.15, -0.1) is 0 Å². The average Bonchev–Trinajstić information content (AvgIpc) is 2.43. The van der Waals surface area contributed by atoms with E-state index in [1.807, 2.05) is 0 Å². The Labute approximate surface area is 121 Å². The molecular formula is C14H27N3O3. The minimum absolute atomic E-state index is 0.149. The largest absolute Gasteiger partial charge is 0.481 e. The van der Waals surface area contributed by atoms with Crippen molar-refractivity contribution in [3.8, 4) is 0 Å². The van der Waals surface area contributed by atoms with E-state index in [2.05, 4.69) is 24.1 Å². The number of aliphatic carboxylic acids is 1. The molecule has 0 bridgehead atoms. The minimum atomic E-state index is -0.821. The lowest BCUT2D eigenvalue weighted by Gasteiger charge is -2.37. The number of carbonyl (C=O) groups excluding carboxylic acids is 1. The Hall–Kier alpha value is -1.30. The Bertz CT molecular complexity index is 345. The van der Waals surface area contributed by atoms with Crippen LogP contribution in [0, 0.1) is 5.41 Å². The van der Waals surface area contributed by atoms with Crippen LogP contribution in [0.25, 0.3) is 0 Å². The van der Waals surface area contributed by atoms with Gasteiger partial charge in [0.15, 0.2) is 0 Å². The van der Waals surface area contributed by atoms with E-state index in [-0.39, 0.29) is 6.03 Å². The van der Waals surface area contributed by atoms with E-state index < -0.39 is 11.4 Å². The molecule has 1 unspecified atom stereocenters. The van der Waals surface area contributed by atoms with Crippen molar-refractivity contribution in [2.24, 2.45) is 5.41 Å². The number of amides is 2. The van der Waals surface area contributed by atoms with E-state index in [0.29, 0.717) is 26.1 Å². The molecule has 2 amide bonds. The van der Waals surface area contributed by atoms with Crippen LogP contribution in [-0.2, 0) is 4.79 Å². The smallest absolute Gasteiger partial charge is 0.317 e. The third-order valence-electron chi connectivity index (χ3n) is 4.10. The van der Waals surface area contributed by atoms with Crippen LogP contribution in [0.4, 0.5) is 4.79 Å². The highest BCUT2D eigenvalue weighted by atomic mass is 16.4. The first-order valence-electron chi connectivity index (χ1n) is 7.41. The van der Waals surface area contributed by atoms with Crippen LogP contribution in [0.5, 0.6) is 0 Å². The molecule has 0 aromatic rings. The van der Waals surface area contributed by atoms with E-state index in [0.717, 1.165) is 26.1 Å². The molecule has 0 aliphatic carbocycles. The third-order valence-corrected chi connectivity index (χ3v) is 4.10. The number of rotatable bonds is 6. The van der Waals surface area contributed by atoms with E-state index in [1.165, 1.54) is 0 Å². The van der Waals surface area contributed by atoms with Crippen LogP contribution in [0.3, 0.4) is 0 Å². The monoisotopic (exact) mass is 285 g/mol. The van der Waals surface area contributed by atoms with E-state index in [1.54, 1.807) is 11.8 Å². The summed E-state index contributed by atoms with van der Waals surface area (Å²) in [4.78, 5) is 27.2. The predicted octanol–water partition coefficient (Wildman–Crippen LogP) is 1.22. The van der Waals surface area contributed by atoms with Gasteiger partial charge >= 0.3 is 12.0 Å². The Kier molecular flexibility index (Phi) is 6.26. The molecule has 0 saturated carbocycles. The van der Waals surface area contributed by atoms with Crippen molar-refractivity contribution in [1.82, 2.24) is 15.1 Å². The lowest BCUT2D eigenvalue weighted by Crippen LogP contribution is -2.52. The first-order chi connectivity index (χ1) is 9.42. The molecule has 1 atom stereocenters. The second-order valence-corrected chi connectivity index (χ2v) is 5.65. The van der Waals surface area contributed by atoms with Gasteiger partial charge in [-0.25, -0.2) is 4.79 Å². The normalized spacial score (nSPS) is 22.9. The summed E-state index contributed by atoms with van der Waals surface area (Å²) in [7, 11) is 0. The standard InChI is InChI=1S/C14H27N3O3/c1-4-16(5-2)10-8-15-13(20)17-9-6-7-14(3,11-17)12(18)19/h4-11H2,1-3H3,(H,15,20)(H,18,19). The summed E-state index contributed by atoms with van der Waals surface area (Å²) in [5.41, 5.74) is -0.811. The average molecular weight is 285 g/mol. The number of carboxylic acid groups (broad SMARTS) is 1. The number of piperidine rings is 1. The molecule has 1 aliphatic rings. The van der Waals surface area contributed by atoms with Crippen LogP contribution in [0.15, 0.2) is 0 Å². The van der Waals surface area contributed by atoms with E-state index in [4.69, 9.17) is 0 Å². The number of nitrogens with zero attached hydrogens (tertiary/aromatic N) is 2. The van der Waals surface area contributed by atoms with Gasteiger partial charge in [0.1, 0.15) is 0 Å². The Morgan fingerprint density at radius 3 is 2.55 bits per heavy atom. The summed E-state index contributed by atoms with van der Waals surface area (Å²) in [5, 5.41) is 12.1. The number of carbonyl (C=O) groups is 2. The zero-order valence-corrected chi connectivity index (χ0v) is 12.8. The Morgan fingerprint density at radius 2 is 2.00 bits per heavy atom. The van der Waals surface area contributed by atoms with Crippen LogP contribution in [0.2, 0.25) is 0 Å². The summed E-state index contributed by atoms with van der Waals surface area (Å²) in [6.45, 7) is 10.2. The molecule has 1 fully saturated rings. The fraction of sp³-hybridized carbons (Fsp3) is 0.857. The number of likely N-dealkylation sites (N-methyl/N-ethyl adjacent to an activating group) is 1. The van der Waals surface area contributed by atoms with Gasteiger partial charge in [0.25, 0.3) is 0 Å². The molecular weight excluding hydrogens is 258 g/mol. The van der Waals surface area contributed by atoms with Gasteiger partial charge in [-0.2, -0.15) is 0 Å². The molecule has 2 N–H and O–H groups in total. The van der Waals surface area contributed by atoms with Crippen LogP contribution in [0.1, 0.15) is 33.6 Å². The lowest BCUT2D eigenvalue weighted by atomic mass is 9.82. The Balaban J connectivity index is 2.41. The molecule has 0 radical (unpaired) electrons. The van der Waals surface area contributed by atoms with Crippen LogP contribution in [-0.4, -0.2) is 66.2 Å². The summed E-state index contributed by atoms with van der Waals surface area (Å²) in [6.07, 6.45) is 1.37. The predicted molar refractivity (Wildman–Crippen MR) is 77.7 cm³/mol. The first-order valence-corrected chi connectivity index (χ1v) is 7.41. The van der Waals surface area contributed by atoms with Crippen molar-refractivity contribution in [3.63, 3.8) is 0 Å². The molecule has 1 rings (SSSR count). The van der Waals surface area contributed by atoms with E-state index >= 15 is 0 Å². The van der Waals surface area contributed by atoms with Gasteiger partial charge in [-0.1, -0.05) is 13.8 Å². The molecule has 0 aromatic heterocycles. The molecule has 0 aromatic carbocycles. The van der Waals surface area contributed by atoms with Gasteiger partial charge in [0.2, 0.25) is 0 Å². The summed E-state index contributed by atoms with van der Waals surface area (Å²) < 4.78 is 0. The van der Waals surface area contributed by atoms with Crippen molar-refractivity contribution >= 4 is 12.0 Å². The van der Waals surface area contributed by atoms with Crippen LogP contribution >= 0.6 is 0 Å². The van der Waals surface area contributed by atoms with Gasteiger partial charge in [0, 0.05) is 26.2 Å². The molecule has 6 nitrogen and oxygen atoms in total. The van der Waals surface area contributed by atoms with Crippen molar-refractivity contribution in [1.29, 1.82) is 0 Å². The maximum Gasteiger partial charge on any atom is 0.317 e. The molecule has 0 spiro atoms. The van der Waals surface area contributed by atoms with Gasteiger partial charge in [-0.05, 0) is 32.9 Å². The topological polar surface area (TPSA) is 72.9 Å². The number of nitrogens with one attached hydrogen (secondary N) is 1. The quantitative estimate of drug-likeness (QED) is 0.770. The number of likely N-dealkylation sites (tertiary alicyclic amines) is 1. The Morgan fingerprint density at radius 1 is 1.35 bits per heavy atom. The van der Waals surface area contributed by atoms with Crippen molar-refractivity contribution in [2.45, 2.75) is 33.6 Å². The summed E-state index contributed by atoms with van der Waals surface area (Å²) in [6, 6.07) is -0.149. The molecule has 1 saturated heterocycles. The number of hydrogen-bond acceptors (Lipinski definition) is 3. The van der Waals surface area contributed by atoms with Crippen molar-refractivity contribution in [3.05, 3.63) is 0 Å². The first kappa shape index (κ1) is 16.8. The maximum absolute atomic E-state index is 12.1. The highest BCUT2D eigenvalue weighted by molar-refractivity contribution is 5.78. The zero-order chi connectivity index (χ0) is 15.2. The second kappa shape index (κ2) is 7.47. The third kappa shape index (κ3) is 4.37. The SMILES string of the molecule is CCN(CC)CCNC(=O)N1CCCC(C)(C(=O)O)C1. The highest BCUT2D eigenvalue weighted by Crippen LogP contribution is 2.29. The minimum Gasteiger partial charge on any atom is -0.481 e. The zero-order valence-electron chi connectivity index (χ0n) is 12.8. The van der Waals surface area contributed by atoms with Crippen molar-refractivity contribution in [2.75, 3.05) is 39.3 Å². The molecule has 1 aliphatic heterocycles. The maximum atomic E-state index is 12.1. The van der Waals surface area contributed by atoms with Gasteiger partial charge < -0.3 is 20.2 Å². The molecule has 1 heterocycles. The van der Waals surface area contributed by atoms with E-state index in [9.17, 15) is 14.7 Å². The number of urea groups is 1. The molecule has 20 heavy (non-hydrogen) atoms. The highest BCUT2D eigenvalue weighted by Gasteiger charge is 2.39. The molecule has 116 valence electrons. The molecule has 6 heteroatoms. The van der Waals surface area contributed by atoms with Gasteiger partial charge in [-0.3, -0.25) is 4.79 Å². The fourth-order valence-electron chi connectivity index (χ4n) is 2.56. The fourth-order valence-corrected chi connectivity index (χ4v) is 2.56. The summed E-state index contributed by atoms with van der Waals surface area (Å²) >= 11 is 0.